The van der Waals surface area contributed by atoms with Crippen LogP contribution >= 0.6 is 11.6 Å². The van der Waals surface area contributed by atoms with Crippen molar-refractivity contribution in [1.29, 1.82) is 0 Å². The van der Waals surface area contributed by atoms with Crippen LogP contribution in [-0.4, -0.2) is 22.4 Å². The molecule has 2 aromatic rings. The third-order valence-electron chi connectivity index (χ3n) is 3.32. The van der Waals surface area contributed by atoms with E-state index in [1.807, 2.05) is 18.2 Å². The first kappa shape index (κ1) is 17.2. The van der Waals surface area contributed by atoms with Crippen molar-refractivity contribution in [2.24, 2.45) is 5.92 Å². The van der Waals surface area contributed by atoms with Crippen LogP contribution in [0.5, 0.6) is 0 Å². The fraction of sp³-hybridized carbons (Fsp3) is 0.353. The van der Waals surface area contributed by atoms with Crippen molar-refractivity contribution >= 4 is 23.3 Å². The molecular formula is C17H21ClN4O. The molecule has 0 bridgehead atoms. The molecule has 0 aliphatic carbocycles. The highest BCUT2D eigenvalue weighted by Gasteiger charge is 2.09. The fourth-order valence-electron chi connectivity index (χ4n) is 1.97. The van der Waals surface area contributed by atoms with Gasteiger partial charge >= 0.3 is 0 Å². The van der Waals surface area contributed by atoms with Crippen molar-refractivity contribution in [2.75, 3.05) is 11.9 Å². The van der Waals surface area contributed by atoms with Gasteiger partial charge in [-0.3, -0.25) is 4.79 Å². The summed E-state index contributed by atoms with van der Waals surface area (Å²) in [6, 6.07) is 9.07. The number of nitrogens with one attached hydrogen (secondary N) is 2. The quantitative estimate of drug-likeness (QED) is 0.814. The number of rotatable bonds is 7. The van der Waals surface area contributed by atoms with Crippen LogP contribution in [0.1, 0.15) is 36.3 Å². The molecule has 0 saturated carbocycles. The summed E-state index contributed by atoms with van der Waals surface area (Å²) < 4.78 is 0. The number of hydrogen-bond acceptors (Lipinski definition) is 4. The van der Waals surface area contributed by atoms with Gasteiger partial charge in [0.15, 0.2) is 0 Å². The van der Waals surface area contributed by atoms with Crippen LogP contribution in [0.25, 0.3) is 0 Å². The van der Waals surface area contributed by atoms with Gasteiger partial charge in [0.25, 0.3) is 5.91 Å². The molecule has 0 aliphatic heterocycles. The average molecular weight is 333 g/mol. The first-order chi connectivity index (χ1) is 11.1. The summed E-state index contributed by atoms with van der Waals surface area (Å²) in [5.74, 6) is 1.02. The highest BCUT2D eigenvalue weighted by molar-refractivity contribution is 6.31. The highest BCUT2D eigenvalue weighted by atomic mass is 35.5. The van der Waals surface area contributed by atoms with E-state index >= 15 is 0 Å². The van der Waals surface area contributed by atoms with E-state index in [1.165, 1.54) is 6.33 Å². The normalized spacial score (nSPS) is 10.6. The lowest BCUT2D eigenvalue weighted by Gasteiger charge is -2.09. The van der Waals surface area contributed by atoms with E-state index in [4.69, 9.17) is 11.6 Å². The van der Waals surface area contributed by atoms with E-state index in [-0.39, 0.29) is 5.91 Å². The minimum Gasteiger partial charge on any atom is -0.370 e. The van der Waals surface area contributed by atoms with Gasteiger partial charge in [-0.25, -0.2) is 9.97 Å². The Morgan fingerprint density at radius 1 is 1.26 bits per heavy atom. The number of hydrogen-bond donors (Lipinski definition) is 2. The van der Waals surface area contributed by atoms with E-state index in [0.717, 1.165) is 18.5 Å². The highest BCUT2D eigenvalue weighted by Crippen LogP contribution is 2.14. The Hall–Kier alpha value is -2.14. The first-order valence-corrected chi connectivity index (χ1v) is 8.01. The van der Waals surface area contributed by atoms with Gasteiger partial charge in [0.2, 0.25) is 0 Å². The smallest absolute Gasteiger partial charge is 0.270 e. The van der Waals surface area contributed by atoms with Gasteiger partial charge in [-0.2, -0.15) is 0 Å². The Bertz CT molecular complexity index is 661. The molecule has 122 valence electrons. The molecule has 2 N–H and O–H groups in total. The maximum atomic E-state index is 12.2. The molecule has 1 aromatic heterocycles. The molecular weight excluding hydrogens is 312 g/mol. The summed E-state index contributed by atoms with van der Waals surface area (Å²) in [5, 5.41) is 6.65. The van der Waals surface area contributed by atoms with E-state index in [0.29, 0.717) is 29.0 Å². The average Bonchev–Trinajstić information content (AvgIpc) is 2.54. The van der Waals surface area contributed by atoms with Crippen molar-refractivity contribution < 1.29 is 4.79 Å². The standard InChI is InChI=1S/C17H21ClN4O/c1-12(2)7-8-19-16-9-15(21-11-22-16)17(23)20-10-13-5-3-4-6-14(13)18/h3-6,9,11-12H,7-8,10H2,1-2H3,(H,20,23)(H,19,21,22). The number of carbonyl (C=O) groups excluding carboxylic acids is 1. The van der Waals surface area contributed by atoms with E-state index in [2.05, 4.69) is 34.4 Å². The van der Waals surface area contributed by atoms with Gasteiger partial charge in [-0.05, 0) is 24.0 Å². The van der Waals surface area contributed by atoms with Crippen LogP contribution in [0.3, 0.4) is 0 Å². The summed E-state index contributed by atoms with van der Waals surface area (Å²) in [6.07, 6.45) is 2.43. The lowest BCUT2D eigenvalue weighted by atomic mass is 10.1. The molecule has 0 unspecified atom stereocenters. The molecule has 0 atom stereocenters. The molecule has 1 aromatic carbocycles. The van der Waals surface area contributed by atoms with Crippen molar-refractivity contribution in [2.45, 2.75) is 26.8 Å². The summed E-state index contributed by atoms with van der Waals surface area (Å²) in [7, 11) is 0. The molecule has 5 nitrogen and oxygen atoms in total. The zero-order chi connectivity index (χ0) is 16.7. The van der Waals surface area contributed by atoms with Crippen LogP contribution in [-0.2, 0) is 6.54 Å². The molecule has 2 rings (SSSR count). The number of aromatic nitrogens is 2. The van der Waals surface area contributed by atoms with E-state index in [1.54, 1.807) is 12.1 Å². The largest absolute Gasteiger partial charge is 0.370 e. The second-order valence-corrected chi connectivity index (χ2v) is 6.08. The summed E-state index contributed by atoms with van der Waals surface area (Å²) in [6.45, 7) is 5.50. The van der Waals surface area contributed by atoms with Gasteiger partial charge in [0, 0.05) is 24.2 Å². The van der Waals surface area contributed by atoms with Crippen molar-refractivity contribution in [1.82, 2.24) is 15.3 Å². The molecule has 0 spiro atoms. The topological polar surface area (TPSA) is 66.9 Å². The van der Waals surface area contributed by atoms with Crippen molar-refractivity contribution in [3.8, 4) is 0 Å². The maximum absolute atomic E-state index is 12.2. The number of benzene rings is 1. The van der Waals surface area contributed by atoms with Gasteiger partial charge in [0.05, 0.1) is 0 Å². The van der Waals surface area contributed by atoms with Crippen LogP contribution in [0.4, 0.5) is 5.82 Å². The maximum Gasteiger partial charge on any atom is 0.270 e. The fourth-order valence-corrected chi connectivity index (χ4v) is 2.18. The number of anilines is 1. The Morgan fingerprint density at radius 3 is 2.78 bits per heavy atom. The molecule has 1 heterocycles. The van der Waals surface area contributed by atoms with Crippen LogP contribution in [0, 0.1) is 5.92 Å². The van der Waals surface area contributed by atoms with Crippen LogP contribution < -0.4 is 10.6 Å². The zero-order valence-corrected chi connectivity index (χ0v) is 14.1. The van der Waals surface area contributed by atoms with Crippen LogP contribution in [0.2, 0.25) is 5.02 Å². The van der Waals surface area contributed by atoms with Gasteiger partial charge in [-0.1, -0.05) is 43.6 Å². The molecule has 1 amide bonds. The number of nitrogens with zero attached hydrogens (tertiary/aromatic N) is 2. The Labute approximate surface area is 141 Å². The van der Waals surface area contributed by atoms with Gasteiger partial charge in [0.1, 0.15) is 17.8 Å². The lowest BCUT2D eigenvalue weighted by Crippen LogP contribution is -2.24. The Balaban J connectivity index is 1.93. The minimum absolute atomic E-state index is 0.251. The zero-order valence-electron chi connectivity index (χ0n) is 13.3. The monoisotopic (exact) mass is 332 g/mol. The summed E-state index contributed by atoms with van der Waals surface area (Å²) in [4.78, 5) is 20.3. The Kier molecular flexibility index (Phi) is 6.35. The lowest BCUT2D eigenvalue weighted by molar-refractivity contribution is 0.0946. The minimum atomic E-state index is -0.251. The molecule has 0 fully saturated rings. The molecule has 0 radical (unpaired) electrons. The van der Waals surface area contributed by atoms with Gasteiger partial charge < -0.3 is 10.6 Å². The summed E-state index contributed by atoms with van der Waals surface area (Å²) in [5.41, 5.74) is 1.20. The van der Waals surface area contributed by atoms with Crippen molar-refractivity contribution in [3.05, 3.63) is 52.9 Å². The predicted octanol–water partition coefficient (Wildman–Crippen LogP) is 3.52. The molecule has 23 heavy (non-hydrogen) atoms. The van der Waals surface area contributed by atoms with Crippen LogP contribution in [0.15, 0.2) is 36.7 Å². The third-order valence-corrected chi connectivity index (χ3v) is 3.69. The number of amides is 1. The van der Waals surface area contributed by atoms with E-state index < -0.39 is 0 Å². The first-order valence-electron chi connectivity index (χ1n) is 7.64. The van der Waals surface area contributed by atoms with Crippen molar-refractivity contribution in [3.63, 3.8) is 0 Å². The SMILES string of the molecule is CC(C)CCNc1cc(C(=O)NCc2ccccc2Cl)ncn1. The van der Waals surface area contributed by atoms with Gasteiger partial charge in [-0.15, -0.1) is 0 Å². The molecule has 0 saturated heterocycles. The predicted molar refractivity (Wildman–Crippen MR) is 92.6 cm³/mol. The number of carbonyl (C=O) groups is 1. The molecule has 6 heteroatoms. The molecule has 0 aliphatic rings. The summed E-state index contributed by atoms with van der Waals surface area (Å²) >= 11 is 6.07. The third kappa shape index (κ3) is 5.53. The second kappa shape index (κ2) is 8.48. The second-order valence-electron chi connectivity index (χ2n) is 5.67. The number of halogens is 1. The van der Waals surface area contributed by atoms with E-state index in [9.17, 15) is 4.79 Å². The Morgan fingerprint density at radius 2 is 2.04 bits per heavy atom.